The van der Waals surface area contributed by atoms with Gasteiger partial charge in [0.25, 0.3) is 5.91 Å². The fourth-order valence-electron chi connectivity index (χ4n) is 4.77. The molecule has 0 saturated carbocycles. The molecule has 2 aromatic rings. The van der Waals surface area contributed by atoms with Crippen LogP contribution in [0.5, 0.6) is 0 Å². The normalized spacial score (nSPS) is 24.2. The first kappa shape index (κ1) is 25.5. The first-order valence-electron chi connectivity index (χ1n) is 10.5. The number of hydrogen-bond donors (Lipinski definition) is 4. The maximum Gasteiger partial charge on any atom is 0.280 e. The number of thioether (sulfide) groups is 1. The molecule has 33 heavy (non-hydrogen) atoms. The van der Waals surface area contributed by atoms with Gasteiger partial charge in [-0.1, -0.05) is 23.7 Å². The van der Waals surface area contributed by atoms with Gasteiger partial charge in [-0.2, -0.15) is 0 Å². The summed E-state index contributed by atoms with van der Waals surface area (Å²) in [5, 5.41) is 2.48. The number of nitrogens with two attached hydrogens (primary N) is 3. The predicted octanol–water partition coefficient (Wildman–Crippen LogP) is -1.13. The van der Waals surface area contributed by atoms with Crippen molar-refractivity contribution in [3.63, 3.8) is 0 Å². The number of halogens is 2. The highest BCUT2D eigenvalue weighted by molar-refractivity contribution is 7.98. The Bertz CT molecular complexity index is 1060. The average Bonchev–Trinajstić information content (AvgIpc) is 2.76. The summed E-state index contributed by atoms with van der Waals surface area (Å²) in [6.45, 7) is 4.17. The number of nitrogen functional groups attached to an aromatic ring is 2. The Kier molecular flexibility index (Phi) is 8.09. The Balaban J connectivity index is 0.00000306. The molecule has 2 bridgehead atoms. The highest BCUT2D eigenvalue weighted by Gasteiger charge is 2.46. The number of anilines is 2. The van der Waals surface area contributed by atoms with Crippen molar-refractivity contribution in [3.05, 3.63) is 40.7 Å². The van der Waals surface area contributed by atoms with Gasteiger partial charge in [0.05, 0.1) is 13.1 Å². The molecule has 3 fully saturated rings. The van der Waals surface area contributed by atoms with Crippen molar-refractivity contribution >= 4 is 46.9 Å². The van der Waals surface area contributed by atoms with E-state index in [-0.39, 0.29) is 51.5 Å². The van der Waals surface area contributed by atoms with Crippen LogP contribution in [0.15, 0.2) is 34.2 Å². The molecule has 9 nitrogen and oxygen atoms in total. The number of amides is 1. The number of aromatic nitrogens is 2. The number of carbonyl (C=O) groups is 1. The van der Waals surface area contributed by atoms with Crippen molar-refractivity contribution in [2.75, 3.05) is 37.4 Å². The SMILES string of the molecule is CSc1cccc(C[N+]23CCC(CC2)[C@H](N=C(N)NC(=O)c2nc(Cl)c(N)nc2N)C3)c1.[Br-]. The second-order valence-electron chi connectivity index (χ2n) is 8.49. The predicted molar refractivity (Wildman–Crippen MR) is 128 cm³/mol. The monoisotopic (exact) mass is 554 g/mol. The van der Waals surface area contributed by atoms with Crippen LogP contribution in [0.25, 0.3) is 0 Å². The first-order chi connectivity index (χ1) is 15.3. The van der Waals surface area contributed by atoms with Gasteiger partial charge in [-0.25, -0.2) is 15.0 Å². The first-order valence-corrected chi connectivity index (χ1v) is 12.1. The molecule has 3 aliphatic heterocycles. The van der Waals surface area contributed by atoms with Crippen LogP contribution in [-0.2, 0) is 6.54 Å². The van der Waals surface area contributed by atoms with Gasteiger partial charge in [0.1, 0.15) is 19.1 Å². The van der Waals surface area contributed by atoms with Crippen molar-refractivity contribution < 1.29 is 26.3 Å². The maximum atomic E-state index is 12.5. The van der Waals surface area contributed by atoms with Gasteiger partial charge in [0.2, 0.25) is 0 Å². The molecule has 1 aromatic heterocycles. The third-order valence-corrected chi connectivity index (χ3v) is 7.39. The quantitative estimate of drug-likeness (QED) is 0.158. The van der Waals surface area contributed by atoms with Gasteiger partial charge in [0, 0.05) is 23.3 Å². The summed E-state index contributed by atoms with van der Waals surface area (Å²) < 4.78 is 0.996. The summed E-state index contributed by atoms with van der Waals surface area (Å²) in [6.07, 6.45) is 4.30. The van der Waals surface area contributed by atoms with E-state index in [4.69, 9.17) is 28.8 Å². The maximum absolute atomic E-state index is 12.5. The third kappa shape index (κ3) is 5.71. The largest absolute Gasteiger partial charge is 1.00 e. The highest BCUT2D eigenvalue weighted by Crippen LogP contribution is 2.37. The lowest BCUT2D eigenvalue weighted by Crippen LogP contribution is -3.00. The molecule has 3 aliphatic rings. The lowest BCUT2D eigenvalue weighted by Gasteiger charge is -2.51. The zero-order valence-electron chi connectivity index (χ0n) is 18.3. The highest BCUT2D eigenvalue weighted by atomic mass is 79.9. The molecule has 0 unspecified atom stereocenters. The van der Waals surface area contributed by atoms with Crippen LogP contribution in [0.2, 0.25) is 5.15 Å². The molecule has 0 spiro atoms. The zero-order valence-corrected chi connectivity index (χ0v) is 21.5. The summed E-state index contributed by atoms with van der Waals surface area (Å²) in [6, 6.07) is 8.79. The fourth-order valence-corrected chi connectivity index (χ4v) is 5.38. The lowest BCUT2D eigenvalue weighted by atomic mass is 9.81. The Labute approximate surface area is 212 Å². The summed E-state index contributed by atoms with van der Waals surface area (Å²) in [5.41, 5.74) is 18.6. The molecule has 4 heterocycles. The molecule has 12 heteroatoms. The van der Waals surface area contributed by atoms with Crippen LogP contribution in [-0.4, -0.2) is 58.2 Å². The molecule has 0 aliphatic carbocycles. The average molecular weight is 556 g/mol. The van der Waals surface area contributed by atoms with E-state index < -0.39 is 5.91 Å². The number of benzene rings is 1. The van der Waals surface area contributed by atoms with Crippen molar-refractivity contribution in [3.8, 4) is 0 Å². The second kappa shape index (κ2) is 10.5. The van der Waals surface area contributed by atoms with E-state index in [9.17, 15) is 4.79 Å². The van der Waals surface area contributed by atoms with Crippen LogP contribution in [0, 0.1) is 5.92 Å². The number of aliphatic imine (C=N–C) groups is 1. The third-order valence-electron chi connectivity index (χ3n) is 6.39. The Hall–Kier alpha value is -2.08. The number of guanidine groups is 1. The topological polar surface area (TPSA) is 145 Å². The molecule has 178 valence electrons. The van der Waals surface area contributed by atoms with Crippen LogP contribution < -0.4 is 39.5 Å². The van der Waals surface area contributed by atoms with E-state index >= 15 is 0 Å². The molecular weight excluding hydrogens is 528 g/mol. The minimum Gasteiger partial charge on any atom is -1.00 e. The summed E-state index contributed by atoms with van der Waals surface area (Å²) in [7, 11) is 0. The molecular formula is C21H28BrClN8OS. The summed E-state index contributed by atoms with van der Waals surface area (Å²) in [4.78, 5) is 26.2. The van der Waals surface area contributed by atoms with Crippen molar-refractivity contribution in [2.45, 2.75) is 30.3 Å². The molecule has 5 rings (SSSR count). The lowest BCUT2D eigenvalue weighted by molar-refractivity contribution is -0.955. The fraction of sp³-hybridized carbons (Fsp3) is 0.429. The molecule has 0 radical (unpaired) electrons. The summed E-state index contributed by atoms with van der Waals surface area (Å²) >= 11 is 7.62. The van der Waals surface area contributed by atoms with Crippen molar-refractivity contribution in [1.29, 1.82) is 0 Å². The number of fused-ring (bicyclic) bond motifs is 3. The van der Waals surface area contributed by atoms with Gasteiger partial charge in [-0.3, -0.25) is 10.1 Å². The van der Waals surface area contributed by atoms with Crippen LogP contribution in [0.1, 0.15) is 28.9 Å². The van der Waals surface area contributed by atoms with Crippen LogP contribution >= 0.6 is 23.4 Å². The zero-order chi connectivity index (χ0) is 22.9. The standard InChI is InChI=1S/C21H27ClN8OS.BrH/c1-32-14-4-2-3-12(9-14)10-30-7-5-13(6-8-30)15(11-30)26-21(25)29-20(31)16-18(23)28-19(24)17(22)27-16;/h2-4,9,13,15H,5-8,10-11H2,1H3,(H6-,23,24,25,26,28,29,31);1H/t13?,15-,30?;/m1./s1. The van der Waals surface area contributed by atoms with E-state index in [1.54, 1.807) is 11.8 Å². The van der Waals surface area contributed by atoms with E-state index in [2.05, 4.69) is 50.8 Å². The van der Waals surface area contributed by atoms with Crippen molar-refractivity contribution in [2.24, 2.45) is 16.6 Å². The minimum absolute atomic E-state index is 0. The van der Waals surface area contributed by atoms with Gasteiger partial charge in [-0.05, 0) is 24.3 Å². The Morgan fingerprint density at radius 1 is 1.27 bits per heavy atom. The van der Waals surface area contributed by atoms with Crippen LogP contribution in [0.4, 0.5) is 11.6 Å². The minimum atomic E-state index is -0.614. The van der Waals surface area contributed by atoms with Gasteiger partial charge >= 0.3 is 0 Å². The van der Waals surface area contributed by atoms with Gasteiger partial charge < -0.3 is 38.7 Å². The van der Waals surface area contributed by atoms with Gasteiger partial charge in [-0.15, -0.1) is 11.8 Å². The number of carbonyl (C=O) groups excluding carboxylic acids is 1. The number of hydrogen-bond acceptors (Lipinski definition) is 7. The molecule has 1 amide bonds. The molecule has 3 saturated heterocycles. The van der Waals surface area contributed by atoms with E-state index in [0.717, 1.165) is 43.5 Å². The van der Waals surface area contributed by atoms with Gasteiger partial charge in [0.15, 0.2) is 28.4 Å². The number of rotatable bonds is 5. The summed E-state index contributed by atoms with van der Waals surface area (Å²) in [5.74, 6) is -0.245. The number of nitrogens with zero attached hydrogens (tertiary/aromatic N) is 4. The van der Waals surface area contributed by atoms with E-state index in [1.165, 1.54) is 10.5 Å². The van der Waals surface area contributed by atoms with Crippen LogP contribution in [0.3, 0.4) is 0 Å². The number of piperidine rings is 3. The van der Waals surface area contributed by atoms with E-state index in [1.807, 2.05) is 0 Å². The molecule has 1 aromatic carbocycles. The second-order valence-corrected chi connectivity index (χ2v) is 9.73. The Morgan fingerprint density at radius 3 is 2.70 bits per heavy atom. The van der Waals surface area contributed by atoms with E-state index in [0.29, 0.717) is 5.92 Å². The number of nitrogens with one attached hydrogen (secondary N) is 1. The number of quaternary nitrogens is 1. The smallest absolute Gasteiger partial charge is 0.280 e. The molecule has 7 N–H and O–H groups in total. The van der Waals surface area contributed by atoms with Crippen molar-refractivity contribution in [1.82, 2.24) is 15.3 Å². The Morgan fingerprint density at radius 2 is 2.00 bits per heavy atom. The molecule has 1 atom stereocenters.